The maximum Gasteiger partial charge on any atom is 0.414 e. The van der Waals surface area contributed by atoms with Crippen LogP contribution in [0.25, 0.3) is 11.1 Å². The zero-order valence-corrected chi connectivity index (χ0v) is 19.9. The largest absolute Gasteiger partial charge is 0.442 e. The molecule has 0 radical (unpaired) electrons. The molecule has 5 heterocycles. The summed E-state index contributed by atoms with van der Waals surface area (Å²) in [4.78, 5) is 25.9. The highest BCUT2D eigenvalue weighted by molar-refractivity contribution is 6.01. The van der Waals surface area contributed by atoms with Crippen LogP contribution < -0.4 is 4.90 Å². The summed E-state index contributed by atoms with van der Waals surface area (Å²) in [6.07, 6.45) is 6.44. The third kappa shape index (κ3) is 5.00. The van der Waals surface area contributed by atoms with Crippen molar-refractivity contribution in [1.29, 1.82) is 0 Å². The molecule has 0 bridgehead atoms. The maximum atomic E-state index is 15.1. The van der Waals surface area contributed by atoms with Gasteiger partial charge in [-0.05, 0) is 24.3 Å². The second-order valence-electron chi connectivity index (χ2n) is 8.89. The molecule has 2 fully saturated rings. The van der Waals surface area contributed by atoms with Crippen LogP contribution >= 0.6 is 0 Å². The maximum absolute atomic E-state index is 15.1. The predicted octanol–water partition coefficient (Wildman–Crippen LogP) is 2.80. The molecule has 11 nitrogen and oxygen atoms in total. The second kappa shape index (κ2) is 9.97. The van der Waals surface area contributed by atoms with E-state index < -0.39 is 18.0 Å². The van der Waals surface area contributed by atoms with Crippen LogP contribution in [0.15, 0.2) is 66.0 Å². The number of carbonyl (C=O) groups is 1. The SMILES string of the molecule is O=C1O[C@@H](Cn2ccnn2)CN1c1ccc(-c2ccc(C3=NO/C(=C\N4CCOCC4)C3)nc2)c(F)c1. The first-order chi connectivity index (χ1) is 18.1. The van der Waals surface area contributed by atoms with Gasteiger partial charge in [0.2, 0.25) is 0 Å². The minimum absolute atomic E-state index is 0.292. The van der Waals surface area contributed by atoms with Gasteiger partial charge in [-0.1, -0.05) is 16.4 Å². The van der Waals surface area contributed by atoms with E-state index in [9.17, 15) is 4.79 Å². The predicted molar refractivity (Wildman–Crippen MR) is 130 cm³/mol. The van der Waals surface area contributed by atoms with Gasteiger partial charge < -0.3 is 19.2 Å². The molecule has 0 N–H and O–H groups in total. The topological polar surface area (TPSA) is 107 Å². The minimum Gasteiger partial charge on any atom is -0.442 e. The molecule has 0 spiro atoms. The lowest BCUT2D eigenvalue weighted by atomic mass is 10.0. The van der Waals surface area contributed by atoms with Gasteiger partial charge in [0, 0.05) is 42.8 Å². The van der Waals surface area contributed by atoms with E-state index in [1.807, 2.05) is 6.20 Å². The fraction of sp³-hybridized carbons (Fsp3) is 0.320. The van der Waals surface area contributed by atoms with Crippen LogP contribution in [0.2, 0.25) is 0 Å². The Kier molecular flexibility index (Phi) is 6.23. The highest BCUT2D eigenvalue weighted by atomic mass is 19.1. The van der Waals surface area contributed by atoms with Crippen LogP contribution in [0.4, 0.5) is 14.9 Å². The number of nitrogens with zero attached hydrogens (tertiary/aromatic N) is 7. The monoisotopic (exact) mass is 505 g/mol. The number of benzene rings is 1. The molecular weight excluding hydrogens is 481 g/mol. The first-order valence-electron chi connectivity index (χ1n) is 12.0. The quantitative estimate of drug-likeness (QED) is 0.504. The van der Waals surface area contributed by atoms with E-state index in [1.165, 1.54) is 11.0 Å². The molecule has 2 aromatic heterocycles. The van der Waals surface area contributed by atoms with Gasteiger partial charge in [0.15, 0.2) is 5.76 Å². The number of cyclic esters (lactones) is 1. The summed E-state index contributed by atoms with van der Waals surface area (Å²) in [5.74, 6) is 0.297. The van der Waals surface area contributed by atoms with Crippen LogP contribution in [0, 0.1) is 5.82 Å². The Balaban J connectivity index is 1.11. The molecule has 0 unspecified atom stereocenters. The summed E-state index contributed by atoms with van der Waals surface area (Å²) >= 11 is 0. The van der Waals surface area contributed by atoms with Crippen molar-refractivity contribution in [2.45, 2.75) is 19.1 Å². The minimum atomic E-state index is -0.523. The van der Waals surface area contributed by atoms with Crippen molar-refractivity contribution in [2.75, 3.05) is 37.7 Å². The van der Waals surface area contributed by atoms with Crippen molar-refractivity contribution in [2.24, 2.45) is 5.16 Å². The Morgan fingerprint density at radius 3 is 2.81 bits per heavy atom. The number of aromatic nitrogens is 4. The molecule has 6 rings (SSSR count). The van der Waals surface area contributed by atoms with E-state index in [0.717, 1.165) is 24.6 Å². The summed E-state index contributed by atoms with van der Waals surface area (Å²) in [5, 5.41) is 11.8. The van der Waals surface area contributed by atoms with E-state index in [2.05, 4.69) is 25.4 Å². The number of pyridine rings is 1. The highest BCUT2D eigenvalue weighted by Gasteiger charge is 2.33. The first kappa shape index (κ1) is 23.1. The highest BCUT2D eigenvalue weighted by Crippen LogP contribution is 2.29. The van der Waals surface area contributed by atoms with Crippen molar-refractivity contribution in [1.82, 2.24) is 24.9 Å². The molecule has 1 aromatic carbocycles. The smallest absolute Gasteiger partial charge is 0.414 e. The van der Waals surface area contributed by atoms with E-state index in [0.29, 0.717) is 55.2 Å². The number of hydrogen-bond donors (Lipinski definition) is 0. The number of hydrogen-bond acceptors (Lipinski definition) is 9. The molecular formula is C25H24FN7O4. The molecule has 0 aliphatic carbocycles. The van der Waals surface area contributed by atoms with Crippen LogP contribution in [0.3, 0.4) is 0 Å². The number of rotatable bonds is 6. The van der Waals surface area contributed by atoms with E-state index >= 15 is 4.39 Å². The van der Waals surface area contributed by atoms with Crippen molar-refractivity contribution < 1.29 is 23.5 Å². The molecule has 37 heavy (non-hydrogen) atoms. The van der Waals surface area contributed by atoms with Crippen molar-refractivity contribution >= 4 is 17.5 Å². The van der Waals surface area contributed by atoms with Crippen molar-refractivity contribution in [3.8, 4) is 11.1 Å². The fourth-order valence-corrected chi connectivity index (χ4v) is 4.46. The number of amides is 1. The Hall–Kier alpha value is -4.32. The molecule has 3 aliphatic rings. The van der Waals surface area contributed by atoms with E-state index in [4.69, 9.17) is 14.3 Å². The summed E-state index contributed by atoms with van der Waals surface area (Å²) < 4.78 is 27.5. The number of allylic oxidation sites excluding steroid dienone is 1. The van der Waals surface area contributed by atoms with E-state index in [-0.39, 0.29) is 0 Å². The van der Waals surface area contributed by atoms with Crippen LogP contribution in [-0.2, 0) is 20.9 Å². The molecule has 190 valence electrons. The van der Waals surface area contributed by atoms with Crippen molar-refractivity contribution in [3.05, 3.63) is 72.4 Å². The summed E-state index contributed by atoms with van der Waals surface area (Å²) in [6, 6.07) is 8.27. The summed E-state index contributed by atoms with van der Waals surface area (Å²) in [5.41, 5.74) is 2.81. The number of halogens is 1. The molecule has 0 saturated carbocycles. The lowest BCUT2D eigenvalue weighted by Gasteiger charge is -2.25. The Morgan fingerprint density at radius 1 is 1.16 bits per heavy atom. The number of oxime groups is 1. The average Bonchev–Trinajstić information content (AvgIpc) is 3.67. The standard InChI is InChI=1S/C25H24FN7O4/c26-22-11-18(33-16-20(36-25(33)34)15-32-6-5-28-30-32)2-3-21(22)17-1-4-23(27-13-17)24-12-19(37-29-24)14-31-7-9-35-10-8-31/h1-6,11,13-14,20H,7-10,12,15-16H2/b19-14-/t20-/m0/s1. The van der Waals surface area contributed by atoms with Gasteiger partial charge in [-0.2, -0.15) is 0 Å². The Morgan fingerprint density at radius 2 is 2.05 bits per heavy atom. The summed E-state index contributed by atoms with van der Waals surface area (Å²) in [6.45, 7) is 3.71. The van der Waals surface area contributed by atoms with E-state index in [1.54, 1.807) is 47.5 Å². The zero-order valence-electron chi connectivity index (χ0n) is 19.9. The second-order valence-corrected chi connectivity index (χ2v) is 8.89. The lowest BCUT2D eigenvalue weighted by Crippen LogP contribution is -2.32. The normalized spacial score (nSPS) is 20.8. The number of ether oxygens (including phenoxy) is 2. The summed E-state index contributed by atoms with van der Waals surface area (Å²) in [7, 11) is 0. The Labute approximate surface area is 211 Å². The molecule has 1 amide bonds. The van der Waals surface area contributed by atoms with Gasteiger partial charge in [-0.15, -0.1) is 5.10 Å². The third-order valence-electron chi connectivity index (χ3n) is 6.36. The zero-order chi connectivity index (χ0) is 25.2. The van der Waals surface area contributed by atoms with Gasteiger partial charge in [-0.3, -0.25) is 9.88 Å². The molecule has 2 saturated heterocycles. The number of carbonyl (C=O) groups excluding carboxylic acids is 1. The Bertz CT molecular complexity index is 1340. The van der Waals surface area contributed by atoms with Gasteiger partial charge in [0.05, 0.1) is 50.3 Å². The molecule has 3 aromatic rings. The van der Waals surface area contributed by atoms with Crippen molar-refractivity contribution in [3.63, 3.8) is 0 Å². The molecule has 12 heteroatoms. The van der Waals surface area contributed by atoms with Gasteiger partial charge in [0.1, 0.15) is 17.6 Å². The average molecular weight is 506 g/mol. The van der Waals surface area contributed by atoms with Crippen LogP contribution in [-0.4, -0.2) is 75.6 Å². The van der Waals surface area contributed by atoms with Gasteiger partial charge in [0.25, 0.3) is 0 Å². The van der Waals surface area contributed by atoms with Gasteiger partial charge >= 0.3 is 6.09 Å². The third-order valence-corrected chi connectivity index (χ3v) is 6.36. The number of anilines is 1. The lowest BCUT2D eigenvalue weighted by molar-refractivity contribution is 0.0569. The molecule has 3 aliphatic heterocycles. The number of morpholine rings is 1. The first-order valence-corrected chi connectivity index (χ1v) is 12.0. The fourth-order valence-electron chi connectivity index (χ4n) is 4.46. The van der Waals surface area contributed by atoms with Gasteiger partial charge in [-0.25, -0.2) is 13.9 Å². The van der Waals surface area contributed by atoms with Crippen LogP contribution in [0.5, 0.6) is 0 Å². The van der Waals surface area contributed by atoms with Crippen LogP contribution in [0.1, 0.15) is 12.1 Å². The molecule has 1 atom stereocenters.